The summed E-state index contributed by atoms with van der Waals surface area (Å²) < 4.78 is 137. The number of phosphoric acid groups is 6. The molecule has 4 aromatic heterocycles. The number of aliphatic hydroxyl groups is 9. The van der Waals surface area contributed by atoms with E-state index in [0.717, 1.165) is 18.3 Å². The van der Waals surface area contributed by atoms with Crippen LogP contribution in [0.15, 0.2) is 44.0 Å². The fraction of sp³-hybridized carbons (Fsp3) is 0.600. The number of hydrogen-bond acceptors (Lipinski definition) is 40. The third-order valence-corrected chi connectivity index (χ3v) is 23.7. The fourth-order valence-corrected chi connectivity index (χ4v) is 17.3. The maximum absolute atomic E-state index is 12.2. The number of aromatic nitrogens is 8. The zero-order valence-electron chi connectivity index (χ0n) is 50.2. The second-order valence-corrected chi connectivity index (χ2v) is 34.6. The molecule has 0 spiro atoms. The maximum atomic E-state index is 12.2. The molecule has 0 amide bonds. The molecule has 9 heterocycles. The van der Waals surface area contributed by atoms with Crippen molar-refractivity contribution < 1.29 is 161 Å². The summed E-state index contributed by atoms with van der Waals surface area (Å²) in [6.45, 7) is 3.51. The van der Waals surface area contributed by atoms with Crippen molar-refractivity contribution in [2.75, 3.05) is 49.4 Å². The lowest BCUT2D eigenvalue weighted by Gasteiger charge is -2.27. The highest BCUT2D eigenvalue weighted by Crippen LogP contribution is 2.80. The van der Waals surface area contributed by atoms with Crippen LogP contribution in [0.3, 0.4) is 0 Å². The molecule has 8 unspecified atom stereocenters. The summed E-state index contributed by atoms with van der Waals surface area (Å²) in [6.07, 6.45) is -21.1. The first kappa shape index (κ1) is 83.8. The van der Waals surface area contributed by atoms with Crippen molar-refractivity contribution in [1.29, 1.82) is 0 Å². The van der Waals surface area contributed by atoms with E-state index in [2.05, 4.69) is 55.1 Å². The number of halogens is 2. The van der Waals surface area contributed by atoms with Gasteiger partial charge in [0.1, 0.15) is 96.5 Å². The number of hydrogen-bond donors (Lipinski definition) is 19. The first-order valence-electron chi connectivity index (χ1n) is 26.8. The summed E-state index contributed by atoms with van der Waals surface area (Å²) in [5, 5.41) is 88.7. The van der Waals surface area contributed by atoms with Crippen LogP contribution in [0.25, 0.3) is 0 Å². The number of anilines is 4. The minimum Gasteiger partial charge on any atom is -0.394 e. The first-order chi connectivity index (χ1) is 45.3. The van der Waals surface area contributed by atoms with E-state index in [1.54, 1.807) is 13.8 Å². The number of rotatable bonds is 18. The van der Waals surface area contributed by atoms with Crippen LogP contribution in [-0.2, 0) is 86.0 Å². The molecule has 9 rings (SSSR count). The van der Waals surface area contributed by atoms with Gasteiger partial charge >= 0.3 is 75.8 Å². The van der Waals surface area contributed by atoms with Crippen LogP contribution in [0, 0.1) is 27.7 Å². The van der Waals surface area contributed by atoms with Gasteiger partial charge in [-0.1, -0.05) is 0 Å². The number of ether oxygens (including phenoxy) is 4. The molecule has 23 N–H and O–H groups in total. The molecular weight excluding hydrogens is 1540 g/mol. The van der Waals surface area contributed by atoms with E-state index in [0.29, 0.717) is 22.3 Å². The number of nitrogen functional groups attached to an aromatic ring is 4. The van der Waals surface area contributed by atoms with Crippen molar-refractivity contribution in [3.05, 3.63) is 89.0 Å². The summed E-state index contributed by atoms with van der Waals surface area (Å²) in [7, 11) is -32.3. The second kappa shape index (κ2) is 32.5. The Morgan fingerprint density at radius 2 is 0.747 bits per heavy atom. The van der Waals surface area contributed by atoms with Crippen molar-refractivity contribution >= 4 is 98.8 Å². The summed E-state index contributed by atoms with van der Waals surface area (Å²) in [4.78, 5) is 115. The molecule has 0 aromatic carbocycles. The Labute approximate surface area is 560 Å². The van der Waals surface area contributed by atoms with Crippen LogP contribution < -0.4 is 45.7 Å². The van der Waals surface area contributed by atoms with Gasteiger partial charge in [-0.15, -0.1) is 0 Å². The summed E-state index contributed by atoms with van der Waals surface area (Å²) in [6, 6.07) is 0. The van der Waals surface area contributed by atoms with Crippen molar-refractivity contribution in [2.45, 2.75) is 126 Å². The average Bonchev–Trinajstić information content (AvgIpc) is 1.33. The molecule has 0 radical (unpaired) electrons. The van der Waals surface area contributed by atoms with Gasteiger partial charge in [-0.25, -0.2) is 46.6 Å². The van der Waals surface area contributed by atoms with Crippen LogP contribution in [0.4, 0.5) is 23.3 Å². The van der Waals surface area contributed by atoms with Gasteiger partial charge in [0.25, 0.3) is 0 Å². The molecule has 50 nitrogen and oxygen atoms in total. The summed E-state index contributed by atoms with van der Waals surface area (Å²) >= 11 is 10.5. The number of aliphatic hydroxyl groups excluding tert-OH is 9. The van der Waals surface area contributed by atoms with E-state index in [-0.39, 0.29) is 23.3 Å². The fourth-order valence-electron chi connectivity index (χ4n) is 8.72. The van der Waals surface area contributed by atoms with E-state index in [1.807, 2.05) is 0 Å². The van der Waals surface area contributed by atoms with Gasteiger partial charge in [0, 0.05) is 47.0 Å². The Balaban J connectivity index is 0.000000212. The summed E-state index contributed by atoms with van der Waals surface area (Å²) in [5.41, 5.74) is 20.5. The minimum atomic E-state index is -5.72. The molecule has 0 bridgehead atoms. The van der Waals surface area contributed by atoms with E-state index in [4.69, 9.17) is 84.2 Å². The molecule has 5 aliphatic heterocycles. The van der Waals surface area contributed by atoms with Gasteiger partial charge in [-0.2, -0.15) is 41.5 Å². The molecule has 4 aromatic rings. The largest absolute Gasteiger partial charge is 0.492 e. The van der Waals surface area contributed by atoms with Crippen molar-refractivity contribution in [1.82, 2.24) is 38.2 Å². The van der Waals surface area contributed by atoms with Crippen molar-refractivity contribution in [2.24, 2.45) is 0 Å². The van der Waals surface area contributed by atoms with Gasteiger partial charge < -0.3 is 122 Å². The van der Waals surface area contributed by atoms with Crippen molar-refractivity contribution in [3.8, 4) is 0 Å². The number of aryl methyl sites for hydroxylation is 4. The van der Waals surface area contributed by atoms with E-state index in [9.17, 15) is 107 Å². The van der Waals surface area contributed by atoms with Crippen LogP contribution in [-0.4, -0.2) is 213 Å². The third-order valence-electron chi connectivity index (χ3n) is 13.5. The lowest BCUT2D eigenvalue weighted by Crippen LogP contribution is -2.36. The molecule has 99 heavy (non-hydrogen) atoms. The predicted molar refractivity (Wildman–Crippen MR) is 323 cm³/mol. The Morgan fingerprint density at radius 1 is 0.465 bits per heavy atom. The Morgan fingerprint density at radius 3 is 1.03 bits per heavy atom. The van der Waals surface area contributed by atoms with Gasteiger partial charge in [-0.05, 0) is 50.2 Å². The highest BCUT2D eigenvalue weighted by molar-refractivity contribution is 8.05. The lowest BCUT2D eigenvalue weighted by atomic mass is 10.1. The zero-order chi connectivity index (χ0) is 74.9. The molecule has 20 atom stereocenters. The highest BCUT2D eigenvalue weighted by Gasteiger charge is 2.56. The second-order valence-electron chi connectivity index (χ2n) is 20.9. The molecule has 5 fully saturated rings. The van der Waals surface area contributed by atoms with Gasteiger partial charge in [0.2, 0.25) is 0 Å². The van der Waals surface area contributed by atoms with Gasteiger partial charge in [0.15, 0.2) is 24.9 Å². The maximum Gasteiger partial charge on any atom is 0.492 e. The van der Waals surface area contributed by atoms with Gasteiger partial charge in [0.05, 0.1) is 26.4 Å². The van der Waals surface area contributed by atoms with Crippen LogP contribution >= 0.6 is 75.5 Å². The monoisotopic (exact) mass is 1610 g/mol. The van der Waals surface area contributed by atoms with Crippen LogP contribution in [0.2, 0.25) is 0 Å². The Bertz CT molecular complexity index is 4180. The Hall–Kier alpha value is -4.17. The first-order valence-corrected chi connectivity index (χ1v) is 39.2. The SMILES string of the molecule is Cc1cn([C@@H]2O[C@H](CO)C(O)[C@@H]2O)c(=O)nc1N.Cc1cn([C@@H]2O[C@H](COP(=O)(Cl)Cl)C(O)[C@@H]2O)c(=O)nc1N.Cc1cn([C@@H]2O[C@H](COP(=O)(O)OP(=O)(O)OP(=O)(O)O)C(O)[C@@H]2O)c(=O)nc1N.Cc1cn([C@@H]2O[C@H](COP3(=O)OP(=O)(O)OP(=O)(O)O3)C(O)[C@@H]2O)c(=O)nc1N. The molecule has 0 saturated carbocycles. The molecular formula is C40H63Cl2N12O38P7. The molecule has 5 aliphatic rings. The smallest absolute Gasteiger partial charge is 0.394 e. The highest BCUT2D eigenvalue weighted by atomic mass is 35.9. The topological polar surface area (TPSA) is 777 Å². The average molecular weight is 1610 g/mol. The van der Waals surface area contributed by atoms with E-state index in [1.165, 1.54) is 38.6 Å². The predicted octanol–water partition coefficient (Wildman–Crippen LogP) is -4.66. The number of nitrogens with zero attached hydrogens (tertiary/aromatic N) is 8. The standard InChI is InChI=1S/C10H14Cl2N3O6P.C10H18N3O14P3.C10H16N3O13P3.C10H15N3O5/c1-4-2-15(10(18)14-8(4)13)9-7(17)6(16)5(21-9)3-20-22(11,12)19;1-4-2-13(10(16)12-8(4)11)9-7(15)6(14)5(25-9)3-24-29(20,21)27-30(22,23)26-28(17,18)19;1-4-2-13(10(16)12-8(4)11)9-7(15)6(14)5(23-9)3-22-29(21)25-27(17,18)24-28(19,20)26-29;1-4-2-13(10(17)12-8(4)11)9-7(16)6(15)5(3-14)18-9/h2,5-7,9,16-17H,3H2,1H3,(H2,13,14,18);2,5-7,9,14-15H,3H2,1H3,(H,20,21)(H,22,23)(H2,11,12,16)(H2,17,18,19);2,5-7,9,14-15H,3H2,1H3,(H,17,18)(H,19,20)(H2,11,12,16);2,5-7,9,14-16H,3H2,1H3,(H2,11,12,17)/t4*5-,6?,7+,9-/m1111/s1. The summed E-state index contributed by atoms with van der Waals surface area (Å²) in [5.74, 6) is 0.0313. The minimum absolute atomic E-state index is 0.0482. The molecule has 59 heteroatoms. The van der Waals surface area contributed by atoms with Gasteiger partial charge in [-0.3, -0.25) is 31.9 Å². The Kier molecular flexibility index (Phi) is 27.5. The molecule has 560 valence electrons. The number of nitrogens with two attached hydrogens (primary N) is 4. The van der Waals surface area contributed by atoms with E-state index >= 15 is 0 Å². The molecule has 0 aliphatic carbocycles. The zero-order valence-corrected chi connectivity index (χ0v) is 58.0. The normalized spacial score (nSPS) is 33.5. The van der Waals surface area contributed by atoms with E-state index < -0.39 is 200 Å². The van der Waals surface area contributed by atoms with Crippen molar-refractivity contribution in [3.63, 3.8) is 0 Å². The third kappa shape index (κ3) is 22.0. The quantitative estimate of drug-likeness (QED) is 0.0417. The van der Waals surface area contributed by atoms with Crippen LogP contribution in [0.5, 0.6) is 0 Å². The van der Waals surface area contributed by atoms with Crippen LogP contribution in [0.1, 0.15) is 47.2 Å². The lowest BCUT2D eigenvalue weighted by molar-refractivity contribution is -0.0550. The number of phosphoric ester groups is 1. The molecule has 5 saturated heterocycles.